The molecule has 0 spiro atoms. The highest BCUT2D eigenvalue weighted by Gasteiger charge is 2.24. The van der Waals surface area contributed by atoms with Gasteiger partial charge in [0.15, 0.2) is 0 Å². The van der Waals surface area contributed by atoms with Crippen molar-refractivity contribution in [1.29, 1.82) is 0 Å². The van der Waals surface area contributed by atoms with Crippen LogP contribution in [0.15, 0.2) is 52.9 Å². The average Bonchev–Trinajstić information content (AvgIpc) is 2.79. The van der Waals surface area contributed by atoms with Gasteiger partial charge in [-0.25, -0.2) is 17.9 Å². The Morgan fingerprint density at radius 1 is 1.27 bits per heavy atom. The topological polar surface area (TPSA) is 74.0 Å². The Kier molecular flexibility index (Phi) is 4.97. The van der Waals surface area contributed by atoms with Crippen LogP contribution >= 0.6 is 0 Å². The third-order valence-electron chi connectivity index (χ3n) is 3.13. The van der Waals surface area contributed by atoms with E-state index >= 15 is 0 Å². The molecule has 1 aromatic carbocycles. The fourth-order valence-electron chi connectivity index (χ4n) is 2.16. The lowest BCUT2D eigenvalue weighted by Crippen LogP contribution is -2.26. The van der Waals surface area contributed by atoms with E-state index in [0.717, 1.165) is 10.1 Å². The van der Waals surface area contributed by atoms with E-state index in [2.05, 4.69) is 11.7 Å². The van der Waals surface area contributed by atoms with Crippen molar-refractivity contribution in [1.82, 2.24) is 14.3 Å². The molecule has 0 aliphatic carbocycles. The van der Waals surface area contributed by atoms with Crippen molar-refractivity contribution >= 4 is 9.84 Å². The fraction of sp³-hybridized carbons (Fsp3) is 0.333. The number of hydrogen-bond acceptors (Lipinski definition) is 4. The molecule has 0 aliphatic heterocycles. The van der Waals surface area contributed by atoms with Crippen LogP contribution in [0.5, 0.6) is 0 Å². The molecule has 118 valence electrons. The van der Waals surface area contributed by atoms with Crippen LogP contribution in [-0.4, -0.2) is 28.5 Å². The third kappa shape index (κ3) is 3.36. The Labute approximate surface area is 129 Å². The second kappa shape index (κ2) is 6.74. The van der Waals surface area contributed by atoms with Gasteiger partial charge in [0.25, 0.3) is 5.16 Å². The molecule has 0 saturated carbocycles. The van der Waals surface area contributed by atoms with Gasteiger partial charge >= 0.3 is 5.69 Å². The minimum absolute atomic E-state index is 0.0358. The van der Waals surface area contributed by atoms with E-state index < -0.39 is 15.5 Å². The summed E-state index contributed by atoms with van der Waals surface area (Å²) in [5, 5.41) is 3.86. The Hall–Kier alpha value is -2.15. The maximum absolute atomic E-state index is 12.4. The summed E-state index contributed by atoms with van der Waals surface area (Å²) in [6, 6.07) is 9.31. The predicted molar refractivity (Wildman–Crippen MR) is 84.6 cm³/mol. The van der Waals surface area contributed by atoms with Crippen LogP contribution in [0.3, 0.4) is 0 Å². The molecule has 0 N–H and O–H groups in total. The number of aromatic nitrogens is 3. The highest BCUT2D eigenvalue weighted by molar-refractivity contribution is 7.91. The monoisotopic (exact) mass is 321 g/mol. The maximum atomic E-state index is 12.4. The molecule has 2 rings (SSSR count). The first kappa shape index (κ1) is 16.2. The zero-order valence-electron chi connectivity index (χ0n) is 12.5. The van der Waals surface area contributed by atoms with Gasteiger partial charge in [-0.1, -0.05) is 43.3 Å². The van der Waals surface area contributed by atoms with Crippen molar-refractivity contribution in [3.63, 3.8) is 0 Å². The lowest BCUT2D eigenvalue weighted by Gasteiger charge is -2.02. The van der Waals surface area contributed by atoms with Gasteiger partial charge in [-0.15, -0.1) is 11.7 Å². The summed E-state index contributed by atoms with van der Waals surface area (Å²) in [5.74, 6) is -0.0358. The van der Waals surface area contributed by atoms with Crippen LogP contribution in [0.2, 0.25) is 0 Å². The second-order valence-corrected chi connectivity index (χ2v) is 6.93. The van der Waals surface area contributed by atoms with E-state index in [1.807, 2.05) is 30.3 Å². The van der Waals surface area contributed by atoms with Crippen molar-refractivity contribution in [2.45, 2.75) is 31.6 Å². The van der Waals surface area contributed by atoms with Gasteiger partial charge in [0.2, 0.25) is 9.84 Å². The Morgan fingerprint density at radius 3 is 2.55 bits per heavy atom. The third-order valence-corrected chi connectivity index (χ3v) is 4.93. The standard InChI is InChI=1S/C15H19N3O3S/c1-3-10-17-14(22(20,21)11-4-2)16-18(15(17)19)12-13-8-6-5-7-9-13/h3,5-9H,1,4,10-12H2,2H3. The summed E-state index contributed by atoms with van der Waals surface area (Å²) in [4.78, 5) is 12.4. The lowest BCUT2D eigenvalue weighted by molar-refractivity contribution is 0.568. The summed E-state index contributed by atoms with van der Waals surface area (Å²) in [7, 11) is -3.57. The normalized spacial score (nSPS) is 11.5. The number of nitrogens with zero attached hydrogens (tertiary/aromatic N) is 3. The van der Waals surface area contributed by atoms with Crippen LogP contribution < -0.4 is 5.69 Å². The number of rotatable bonds is 7. The van der Waals surface area contributed by atoms with Crippen molar-refractivity contribution in [2.24, 2.45) is 0 Å². The van der Waals surface area contributed by atoms with E-state index in [4.69, 9.17) is 0 Å². The summed E-state index contributed by atoms with van der Waals surface area (Å²) in [6.07, 6.45) is 1.96. The smallest absolute Gasteiger partial charge is 0.262 e. The molecule has 0 amide bonds. The van der Waals surface area contributed by atoms with Crippen LogP contribution in [0, 0.1) is 0 Å². The van der Waals surface area contributed by atoms with Gasteiger partial charge in [0.05, 0.1) is 12.3 Å². The zero-order chi connectivity index (χ0) is 16.2. The molecule has 6 nitrogen and oxygen atoms in total. The van der Waals surface area contributed by atoms with Gasteiger partial charge in [-0.2, -0.15) is 0 Å². The number of sulfone groups is 1. The molecule has 1 aromatic heterocycles. The first-order valence-electron chi connectivity index (χ1n) is 7.04. The van der Waals surface area contributed by atoms with E-state index in [1.165, 1.54) is 10.8 Å². The summed E-state index contributed by atoms with van der Waals surface area (Å²) >= 11 is 0. The number of hydrogen-bond donors (Lipinski definition) is 0. The Bertz CT molecular complexity index is 804. The Balaban J connectivity index is 2.49. The van der Waals surface area contributed by atoms with Crippen LogP contribution in [0.25, 0.3) is 0 Å². The van der Waals surface area contributed by atoms with E-state index in [9.17, 15) is 13.2 Å². The van der Waals surface area contributed by atoms with Gasteiger partial charge in [-0.05, 0) is 12.0 Å². The molecule has 1 heterocycles. The molecule has 0 unspecified atom stereocenters. The minimum atomic E-state index is -3.57. The van der Waals surface area contributed by atoms with Crippen molar-refractivity contribution < 1.29 is 8.42 Å². The van der Waals surface area contributed by atoms with Crippen LogP contribution in [-0.2, 0) is 22.9 Å². The molecule has 0 atom stereocenters. The summed E-state index contributed by atoms with van der Waals surface area (Å²) in [5.41, 5.74) is 0.436. The fourth-order valence-corrected chi connectivity index (χ4v) is 3.59. The van der Waals surface area contributed by atoms with Gasteiger partial charge in [0.1, 0.15) is 0 Å². The average molecular weight is 321 g/mol. The van der Waals surface area contributed by atoms with Crippen molar-refractivity contribution in [3.8, 4) is 0 Å². The van der Waals surface area contributed by atoms with Crippen molar-refractivity contribution in [3.05, 3.63) is 59.0 Å². The molecule has 22 heavy (non-hydrogen) atoms. The van der Waals surface area contributed by atoms with Gasteiger partial charge in [0, 0.05) is 6.54 Å². The first-order valence-corrected chi connectivity index (χ1v) is 8.70. The van der Waals surface area contributed by atoms with Gasteiger partial charge in [-0.3, -0.25) is 4.57 Å². The molecule has 2 aromatic rings. The number of allylic oxidation sites excluding steroid dienone is 1. The first-order chi connectivity index (χ1) is 10.5. The minimum Gasteiger partial charge on any atom is -0.262 e. The SMILES string of the molecule is C=CCn1c(S(=O)(=O)CCC)nn(Cc2ccccc2)c1=O. The maximum Gasteiger partial charge on any atom is 0.347 e. The predicted octanol–water partition coefficient (Wildman–Crippen LogP) is 1.46. The molecule has 0 bridgehead atoms. The lowest BCUT2D eigenvalue weighted by atomic mass is 10.2. The van der Waals surface area contributed by atoms with Crippen LogP contribution in [0.4, 0.5) is 0 Å². The highest BCUT2D eigenvalue weighted by Crippen LogP contribution is 2.09. The molecule has 0 fully saturated rings. The van der Waals surface area contributed by atoms with E-state index in [-0.39, 0.29) is 24.0 Å². The van der Waals surface area contributed by atoms with E-state index in [1.54, 1.807) is 6.92 Å². The second-order valence-electron chi connectivity index (χ2n) is 4.93. The summed E-state index contributed by atoms with van der Waals surface area (Å²) in [6.45, 7) is 5.69. The van der Waals surface area contributed by atoms with E-state index in [0.29, 0.717) is 6.42 Å². The number of benzene rings is 1. The highest BCUT2D eigenvalue weighted by atomic mass is 32.2. The van der Waals surface area contributed by atoms with Crippen molar-refractivity contribution in [2.75, 3.05) is 5.75 Å². The quantitative estimate of drug-likeness (QED) is 0.724. The van der Waals surface area contributed by atoms with Crippen LogP contribution in [0.1, 0.15) is 18.9 Å². The molecular formula is C15H19N3O3S. The molecule has 0 saturated heterocycles. The molecular weight excluding hydrogens is 302 g/mol. The van der Waals surface area contributed by atoms with Gasteiger partial charge < -0.3 is 0 Å². The largest absolute Gasteiger partial charge is 0.347 e. The molecule has 7 heteroatoms. The molecule has 0 radical (unpaired) electrons. The summed E-state index contributed by atoms with van der Waals surface area (Å²) < 4.78 is 26.9. The molecule has 0 aliphatic rings. The zero-order valence-corrected chi connectivity index (χ0v) is 13.3. The Morgan fingerprint density at radius 2 is 1.95 bits per heavy atom.